The molecule has 0 bridgehead atoms. The minimum absolute atomic E-state index is 0.101. The van der Waals surface area contributed by atoms with E-state index in [9.17, 15) is 4.79 Å². The predicted molar refractivity (Wildman–Crippen MR) is 104 cm³/mol. The molecule has 3 rings (SSSR count). The SMILES string of the molecule is COc1ccc(Br)c(C(=O)NCCc2ccc(-c3ccsc3)s2)c1. The number of ether oxygens (including phenoxy) is 1. The number of nitrogens with one attached hydrogen (secondary N) is 1. The molecule has 1 aromatic carbocycles. The average molecular weight is 422 g/mol. The van der Waals surface area contributed by atoms with Crippen molar-refractivity contribution in [3.63, 3.8) is 0 Å². The number of hydrogen-bond donors (Lipinski definition) is 1. The fourth-order valence-electron chi connectivity index (χ4n) is 2.27. The predicted octanol–water partition coefficient (Wildman–Crippen LogP) is 5.22. The lowest BCUT2D eigenvalue weighted by atomic mass is 10.2. The van der Waals surface area contributed by atoms with Crippen molar-refractivity contribution in [2.75, 3.05) is 13.7 Å². The van der Waals surface area contributed by atoms with Crippen LogP contribution in [-0.2, 0) is 6.42 Å². The molecule has 2 heterocycles. The minimum atomic E-state index is -0.101. The molecule has 0 radical (unpaired) electrons. The van der Waals surface area contributed by atoms with Crippen molar-refractivity contribution in [3.8, 4) is 16.2 Å². The number of benzene rings is 1. The summed E-state index contributed by atoms with van der Waals surface area (Å²) in [5.74, 6) is 0.567. The Kier molecular flexibility index (Phi) is 5.71. The van der Waals surface area contributed by atoms with E-state index in [-0.39, 0.29) is 5.91 Å². The molecule has 3 aromatic rings. The van der Waals surface area contributed by atoms with Crippen LogP contribution < -0.4 is 10.1 Å². The van der Waals surface area contributed by atoms with Gasteiger partial charge in [0.05, 0.1) is 12.7 Å². The Morgan fingerprint density at radius 1 is 1.25 bits per heavy atom. The van der Waals surface area contributed by atoms with Crippen LogP contribution in [0.4, 0.5) is 0 Å². The average Bonchev–Trinajstić information content (AvgIpc) is 3.26. The summed E-state index contributed by atoms with van der Waals surface area (Å²) in [6.45, 7) is 0.603. The van der Waals surface area contributed by atoms with E-state index in [2.05, 4.69) is 50.2 Å². The fraction of sp³-hybridized carbons (Fsp3) is 0.167. The zero-order valence-corrected chi connectivity index (χ0v) is 16.3. The van der Waals surface area contributed by atoms with Crippen molar-refractivity contribution in [2.24, 2.45) is 0 Å². The molecule has 3 nitrogen and oxygen atoms in total. The number of hydrogen-bond acceptors (Lipinski definition) is 4. The summed E-state index contributed by atoms with van der Waals surface area (Å²) in [5.41, 5.74) is 1.85. The Labute approximate surface area is 157 Å². The van der Waals surface area contributed by atoms with E-state index in [4.69, 9.17) is 4.74 Å². The Balaban J connectivity index is 1.57. The van der Waals surface area contributed by atoms with Crippen LogP contribution in [0.2, 0.25) is 0 Å². The topological polar surface area (TPSA) is 38.3 Å². The largest absolute Gasteiger partial charge is 0.497 e. The zero-order chi connectivity index (χ0) is 16.9. The summed E-state index contributed by atoms with van der Waals surface area (Å²) in [6.07, 6.45) is 0.822. The van der Waals surface area contributed by atoms with Gasteiger partial charge < -0.3 is 10.1 Å². The molecule has 0 unspecified atom stereocenters. The molecule has 0 aliphatic carbocycles. The van der Waals surface area contributed by atoms with Crippen LogP contribution in [-0.4, -0.2) is 19.6 Å². The molecule has 0 saturated heterocycles. The monoisotopic (exact) mass is 421 g/mol. The molecule has 0 aliphatic heterocycles. The molecular weight excluding hydrogens is 406 g/mol. The summed E-state index contributed by atoms with van der Waals surface area (Å²) in [6, 6.07) is 11.8. The zero-order valence-electron chi connectivity index (χ0n) is 13.0. The molecule has 1 amide bonds. The highest BCUT2D eigenvalue weighted by Gasteiger charge is 2.11. The summed E-state index contributed by atoms with van der Waals surface area (Å²) >= 11 is 6.88. The van der Waals surface area contributed by atoms with Crippen molar-refractivity contribution in [1.29, 1.82) is 0 Å². The van der Waals surface area contributed by atoms with Crippen molar-refractivity contribution < 1.29 is 9.53 Å². The second-order valence-corrected chi connectivity index (χ2v) is 7.93. The van der Waals surface area contributed by atoms with Crippen molar-refractivity contribution >= 4 is 44.5 Å². The third kappa shape index (κ3) is 4.06. The highest BCUT2D eigenvalue weighted by atomic mass is 79.9. The van der Waals surface area contributed by atoms with Crippen molar-refractivity contribution in [1.82, 2.24) is 5.32 Å². The van der Waals surface area contributed by atoms with Gasteiger partial charge in [0.1, 0.15) is 5.75 Å². The minimum Gasteiger partial charge on any atom is -0.497 e. The number of thiophene rings is 2. The van der Waals surface area contributed by atoms with Crippen LogP contribution in [0.25, 0.3) is 10.4 Å². The van der Waals surface area contributed by atoms with E-state index in [1.165, 1.54) is 15.3 Å². The second-order valence-electron chi connectivity index (χ2n) is 5.13. The van der Waals surface area contributed by atoms with Crippen LogP contribution in [0.5, 0.6) is 5.75 Å². The van der Waals surface area contributed by atoms with Crippen molar-refractivity contribution in [2.45, 2.75) is 6.42 Å². The van der Waals surface area contributed by atoms with Gasteiger partial charge >= 0.3 is 0 Å². The number of carbonyl (C=O) groups excluding carboxylic acids is 1. The third-order valence-electron chi connectivity index (χ3n) is 3.54. The lowest BCUT2D eigenvalue weighted by molar-refractivity contribution is 0.0953. The third-order valence-corrected chi connectivity index (χ3v) is 6.11. The molecule has 0 aliphatic rings. The first-order valence-corrected chi connectivity index (χ1v) is 9.95. The molecule has 2 aromatic heterocycles. The first-order chi connectivity index (χ1) is 11.7. The highest BCUT2D eigenvalue weighted by molar-refractivity contribution is 9.10. The lowest BCUT2D eigenvalue weighted by Crippen LogP contribution is -2.25. The lowest BCUT2D eigenvalue weighted by Gasteiger charge is -2.08. The Bertz CT molecular complexity index is 827. The summed E-state index contributed by atoms with van der Waals surface area (Å²) in [7, 11) is 1.59. The molecule has 0 atom stereocenters. The van der Waals surface area contributed by atoms with Crippen LogP contribution in [0.3, 0.4) is 0 Å². The van der Waals surface area contributed by atoms with Crippen LogP contribution in [0.1, 0.15) is 15.2 Å². The number of amides is 1. The van der Waals surface area contributed by atoms with Gasteiger partial charge in [-0.1, -0.05) is 0 Å². The maximum Gasteiger partial charge on any atom is 0.252 e. The summed E-state index contributed by atoms with van der Waals surface area (Å²) in [5, 5.41) is 7.20. The molecule has 0 spiro atoms. The summed E-state index contributed by atoms with van der Waals surface area (Å²) in [4.78, 5) is 14.9. The van der Waals surface area contributed by atoms with Gasteiger partial charge in [-0.3, -0.25) is 4.79 Å². The Morgan fingerprint density at radius 3 is 2.88 bits per heavy atom. The maximum absolute atomic E-state index is 12.3. The van der Waals surface area contributed by atoms with Gasteiger partial charge in [0, 0.05) is 26.3 Å². The maximum atomic E-state index is 12.3. The molecule has 6 heteroatoms. The van der Waals surface area contributed by atoms with Gasteiger partial charge in [-0.25, -0.2) is 0 Å². The summed E-state index contributed by atoms with van der Waals surface area (Å²) < 4.78 is 5.93. The first kappa shape index (κ1) is 17.2. The van der Waals surface area contributed by atoms with E-state index in [0.29, 0.717) is 17.9 Å². The second kappa shape index (κ2) is 7.96. The fourth-order valence-corrected chi connectivity index (χ4v) is 4.43. The number of methoxy groups -OCH3 is 1. The Morgan fingerprint density at radius 2 is 2.12 bits per heavy atom. The normalized spacial score (nSPS) is 10.6. The van der Waals surface area contributed by atoms with E-state index in [0.717, 1.165) is 10.9 Å². The van der Waals surface area contributed by atoms with Gasteiger partial charge in [0.25, 0.3) is 5.91 Å². The number of halogens is 1. The Hall–Kier alpha value is -1.63. The molecule has 0 saturated carbocycles. The van der Waals surface area contributed by atoms with Gasteiger partial charge in [-0.05, 0) is 69.5 Å². The van der Waals surface area contributed by atoms with Crippen LogP contribution in [0, 0.1) is 0 Å². The van der Waals surface area contributed by atoms with E-state index in [1.54, 1.807) is 35.8 Å². The molecular formula is C18H16BrNO2S2. The molecule has 24 heavy (non-hydrogen) atoms. The molecule has 1 N–H and O–H groups in total. The highest BCUT2D eigenvalue weighted by Crippen LogP contribution is 2.29. The van der Waals surface area contributed by atoms with E-state index in [1.807, 2.05) is 12.1 Å². The number of carbonyl (C=O) groups is 1. The number of rotatable bonds is 6. The van der Waals surface area contributed by atoms with Crippen molar-refractivity contribution in [3.05, 3.63) is 62.1 Å². The van der Waals surface area contributed by atoms with Crippen LogP contribution in [0.15, 0.2) is 51.6 Å². The first-order valence-electron chi connectivity index (χ1n) is 7.40. The van der Waals surface area contributed by atoms with Gasteiger partial charge in [-0.15, -0.1) is 11.3 Å². The smallest absolute Gasteiger partial charge is 0.252 e. The van der Waals surface area contributed by atoms with Gasteiger partial charge in [-0.2, -0.15) is 11.3 Å². The van der Waals surface area contributed by atoms with E-state index < -0.39 is 0 Å². The van der Waals surface area contributed by atoms with Gasteiger partial charge in [0.2, 0.25) is 0 Å². The standard InChI is InChI=1S/C18H16BrNO2S2/c1-22-13-2-4-16(19)15(10-13)18(21)20-8-6-14-3-5-17(24-14)12-7-9-23-11-12/h2-5,7,9-11H,6,8H2,1H3,(H,20,21). The van der Waals surface area contributed by atoms with E-state index >= 15 is 0 Å². The van der Waals surface area contributed by atoms with Crippen LogP contribution >= 0.6 is 38.6 Å². The molecule has 124 valence electrons. The van der Waals surface area contributed by atoms with Gasteiger partial charge in [0.15, 0.2) is 0 Å². The quantitative estimate of drug-likeness (QED) is 0.592. The molecule has 0 fully saturated rings.